The van der Waals surface area contributed by atoms with Crippen molar-refractivity contribution in [1.29, 1.82) is 0 Å². The van der Waals surface area contributed by atoms with Crippen molar-refractivity contribution in [2.75, 3.05) is 26.7 Å². The van der Waals surface area contributed by atoms with Crippen molar-refractivity contribution < 1.29 is 19.4 Å². The Kier molecular flexibility index (Phi) is 6.68. The highest BCUT2D eigenvalue weighted by molar-refractivity contribution is 5.77. The van der Waals surface area contributed by atoms with E-state index in [4.69, 9.17) is 4.74 Å². The van der Waals surface area contributed by atoms with E-state index in [1.807, 2.05) is 30.3 Å². The molecule has 1 saturated heterocycles. The Morgan fingerprint density at radius 1 is 1.22 bits per heavy atom. The lowest BCUT2D eigenvalue weighted by molar-refractivity contribution is -0.122. The molecule has 2 aliphatic rings. The molecule has 7 nitrogen and oxygen atoms in total. The van der Waals surface area contributed by atoms with Crippen molar-refractivity contribution >= 4 is 11.9 Å². The van der Waals surface area contributed by atoms with Crippen molar-refractivity contribution in [2.24, 2.45) is 11.8 Å². The Balaban J connectivity index is 1.32. The van der Waals surface area contributed by atoms with Crippen LogP contribution in [0.3, 0.4) is 0 Å². The summed E-state index contributed by atoms with van der Waals surface area (Å²) in [6.07, 6.45) is 1.43. The monoisotopic (exact) mass is 375 g/mol. The van der Waals surface area contributed by atoms with E-state index in [9.17, 15) is 14.7 Å². The molecule has 2 fully saturated rings. The zero-order valence-electron chi connectivity index (χ0n) is 15.8. The Hall–Kier alpha value is -2.12. The molecule has 0 bridgehead atoms. The maximum absolute atomic E-state index is 12.4. The molecule has 0 radical (unpaired) electrons. The predicted octanol–water partition coefficient (Wildman–Crippen LogP) is 1.12. The molecule has 1 aliphatic carbocycles. The van der Waals surface area contributed by atoms with Gasteiger partial charge >= 0.3 is 6.03 Å². The maximum Gasteiger partial charge on any atom is 0.317 e. The van der Waals surface area contributed by atoms with Crippen LogP contribution in [0.2, 0.25) is 0 Å². The summed E-state index contributed by atoms with van der Waals surface area (Å²) in [5.41, 5.74) is 1.17. The van der Waals surface area contributed by atoms with Gasteiger partial charge in [0.25, 0.3) is 0 Å². The van der Waals surface area contributed by atoms with E-state index in [0.29, 0.717) is 25.7 Å². The van der Waals surface area contributed by atoms with Crippen LogP contribution in [-0.4, -0.2) is 60.8 Å². The van der Waals surface area contributed by atoms with Crippen LogP contribution in [0, 0.1) is 11.8 Å². The van der Waals surface area contributed by atoms with Crippen molar-refractivity contribution in [3.63, 3.8) is 0 Å². The Labute approximate surface area is 160 Å². The largest absolute Gasteiger partial charge is 0.391 e. The fourth-order valence-corrected chi connectivity index (χ4v) is 3.73. The van der Waals surface area contributed by atoms with Crippen LogP contribution in [0.5, 0.6) is 0 Å². The van der Waals surface area contributed by atoms with Crippen molar-refractivity contribution in [2.45, 2.75) is 38.0 Å². The van der Waals surface area contributed by atoms with Gasteiger partial charge in [0, 0.05) is 45.1 Å². The number of carbonyl (C=O) groups is 2. The lowest BCUT2D eigenvalue weighted by Gasteiger charge is -2.36. The van der Waals surface area contributed by atoms with Crippen LogP contribution in [-0.2, 0) is 16.1 Å². The van der Waals surface area contributed by atoms with E-state index >= 15 is 0 Å². The topological polar surface area (TPSA) is 90.9 Å². The third-order valence-corrected chi connectivity index (χ3v) is 5.45. The van der Waals surface area contributed by atoms with Gasteiger partial charge in [-0.15, -0.1) is 0 Å². The minimum atomic E-state index is -0.645. The van der Waals surface area contributed by atoms with E-state index < -0.39 is 6.10 Å². The second kappa shape index (κ2) is 9.19. The second-order valence-electron chi connectivity index (χ2n) is 7.59. The quantitative estimate of drug-likeness (QED) is 0.666. The van der Waals surface area contributed by atoms with E-state index in [-0.39, 0.29) is 36.9 Å². The first kappa shape index (κ1) is 19.6. The summed E-state index contributed by atoms with van der Waals surface area (Å²) in [6.45, 7) is 2.02. The number of ether oxygens (including phenoxy) is 1. The molecular weight excluding hydrogens is 346 g/mol. The second-order valence-corrected chi connectivity index (χ2v) is 7.59. The van der Waals surface area contributed by atoms with Crippen LogP contribution in [0.25, 0.3) is 0 Å². The first-order chi connectivity index (χ1) is 13.0. The van der Waals surface area contributed by atoms with Crippen molar-refractivity contribution in [3.05, 3.63) is 35.9 Å². The van der Waals surface area contributed by atoms with Crippen molar-refractivity contribution in [1.82, 2.24) is 15.5 Å². The van der Waals surface area contributed by atoms with Gasteiger partial charge in [-0.3, -0.25) is 4.79 Å². The third kappa shape index (κ3) is 5.43. The van der Waals surface area contributed by atoms with Crippen molar-refractivity contribution in [3.8, 4) is 0 Å². The number of aliphatic hydroxyl groups is 1. The molecule has 1 aromatic rings. The van der Waals surface area contributed by atoms with Gasteiger partial charge in [0.1, 0.15) is 0 Å². The third-order valence-electron chi connectivity index (χ3n) is 5.45. The molecule has 7 heteroatoms. The first-order valence-electron chi connectivity index (χ1n) is 9.61. The molecule has 3 amide bonds. The number of nitrogens with one attached hydrogen (secondary N) is 2. The van der Waals surface area contributed by atoms with E-state index in [1.54, 1.807) is 11.9 Å². The number of rotatable bonds is 7. The zero-order chi connectivity index (χ0) is 19.2. The summed E-state index contributed by atoms with van der Waals surface area (Å²) in [5, 5.41) is 15.7. The molecule has 27 heavy (non-hydrogen) atoms. The highest BCUT2D eigenvalue weighted by Gasteiger charge is 2.37. The molecule has 1 aromatic carbocycles. The highest BCUT2D eigenvalue weighted by Crippen LogP contribution is 2.28. The molecule has 0 spiro atoms. The average molecular weight is 375 g/mol. The molecule has 1 aliphatic heterocycles. The minimum Gasteiger partial charge on any atom is -0.391 e. The highest BCUT2D eigenvalue weighted by atomic mass is 16.5. The zero-order valence-corrected chi connectivity index (χ0v) is 15.8. The number of nitrogens with zero attached hydrogens (tertiary/aromatic N) is 1. The van der Waals surface area contributed by atoms with Gasteiger partial charge in [0.2, 0.25) is 5.91 Å². The summed E-state index contributed by atoms with van der Waals surface area (Å²) < 4.78 is 5.76. The Bertz CT molecular complexity index is 633. The SMILES string of the molecule is CNC(=O)C[C@@H]1CN(C(=O)NC2CC(COCc3ccccc3)C2)C[C@H]1O. The van der Waals surface area contributed by atoms with E-state index in [2.05, 4.69) is 10.6 Å². The average Bonchev–Trinajstić information content (AvgIpc) is 3.00. The van der Waals surface area contributed by atoms with Gasteiger partial charge < -0.3 is 25.4 Å². The molecule has 1 heterocycles. The molecule has 3 rings (SSSR count). The van der Waals surface area contributed by atoms with Crippen LogP contribution in [0.4, 0.5) is 4.79 Å². The standard InChI is InChI=1S/C20H29N3O4/c1-21-19(25)9-16-10-23(11-18(16)24)20(26)22-17-7-15(8-17)13-27-12-14-5-3-2-4-6-14/h2-6,15-18,24H,7-13H2,1H3,(H,21,25)(H,22,26)/t15?,16-,17?,18-/m1/s1. The number of likely N-dealkylation sites (tertiary alicyclic amines) is 1. The number of hydrogen-bond acceptors (Lipinski definition) is 4. The molecular formula is C20H29N3O4. The molecule has 1 saturated carbocycles. The first-order valence-corrected chi connectivity index (χ1v) is 9.61. The van der Waals surface area contributed by atoms with Crippen LogP contribution < -0.4 is 10.6 Å². The number of carbonyl (C=O) groups excluding carboxylic acids is 2. The fourth-order valence-electron chi connectivity index (χ4n) is 3.73. The number of β-amino-alcohol motifs (C(OH)–C–C–N with tert-alkyl or cyclic N) is 1. The fraction of sp³-hybridized carbons (Fsp3) is 0.600. The van der Waals surface area contributed by atoms with Crippen LogP contribution in [0.1, 0.15) is 24.8 Å². The molecule has 0 unspecified atom stereocenters. The molecule has 148 valence electrons. The number of amides is 3. The van der Waals surface area contributed by atoms with Crippen LogP contribution in [0.15, 0.2) is 30.3 Å². The van der Waals surface area contributed by atoms with E-state index in [0.717, 1.165) is 12.8 Å². The maximum atomic E-state index is 12.4. The minimum absolute atomic E-state index is 0.112. The molecule has 3 N–H and O–H groups in total. The smallest absolute Gasteiger partial charge is 0.317 e. The Morgan fingerprint density at radius 3 is 2.67 bits per heavy atom. The predicted molar refractivity (Wildman–Crippen MR) is 101 cm³/mol. The number of hydrogen-bond donors (Lipinski definition) is 3. The summed E-state index contributed by atoms with van der Waals surface area (Å²) in [4.78, 5) is 25.5. The molecule has 0 aromatic heterocycles. The van der Waals surface area contributed by atoms with E-state index in [1.165, 1.54) is 5.56 Å². The van der Waals surface area contributed by atoms with Gasteiger partial charge in [-0.2, -0.15) is 0 Å². The van der Waals surface area contributed by atoms with Gasteiger partial charge in [0.15, 0.2) is 0 Å². The van der Waals surface area contributed by atoms with Crippen LogP contribution >= 0.6 is 0 Å². The summed E-state index contributed by atoms with van der Waals surface area (Å²) in [6, 6.07) is 10.1. The number of urea groups is 1. The lowest BCUT2D eigenvalue weighted by Crippen LogP contribution is -2.50. The Morgan fingerprint density at radius 2 is 1.96 bits per heavy atom. The van der Waals surface area contributed by atoms with Gasteiger partial charge in [-0.05, 0) is 24.3 Å². The lowest BCUT2D eigenvalue weighted by atomic mass is 9.81. The normalized spacial score (nSPS) is 27.1. The number of aliphatic hydroxyl groups excluding tert-OH is 1. The van der Waals surface area contributed by atoms with Gasteiger partial charge in [-0.25, -0.2) is 4.79 Å². The summed E-state index contributed by atoms with van der Waals surface area (Å²) >= 11 is 0. The van der Waals surface area contributed by atoms with Gasteiger partial charge in [0.05, 0.1) is 12.7 Å². The number of benzene rings is 1. The molecule has 2 atom stereocenters. The summed E-state index contributed by atoms with van der Waals surface area (Å²) in [5.74, 6) is 0.166. The van der Waals surface area contributed by atoms with Gasteiger partial charge in [-0.1, -0.05) is 30.3 Å². The summed E-state index contributed by atoms with van der Waals surface area (Å²) in [7, 11) is 1.57.